The highest BCUT2D eigenvalue weighted by Crippen LogP contribution is 2.17. The van der Waals surface area contributed by atoms with Crippen molar-refractivity contribution in [2.24, 2.45) is 0 Å². The van der Waals surface area contributed by atoms with Crippen molar-refractivity contribution in [3.63, 3.8) is 0 Å². The summed E-state index contributed by atoms with van der Waals surface area (Å²) in [6.07, 6.45) is 6.91. The molecule has 0 fully saturated rings. The summed E-state index contributed by atoms with van der Waals surface area (Å²) in [4.78, 5) is 8.06. The van der Waals surface area contributed by atoms with E-state index in [0.29, 0.717) is 13.2 Å². The van der Waals surface area contributed by atoms with Crippen LogP contribution in [0.3, 0.4) is 0 Å². The summed E-state index contributed by atoms with van der Waals surface area (Å²) in [7, 11) is 0. The summed E-state index contributed by atoms with van der Waals surface area (Å²) < 4.78 is 5.76. The van der Waals surface area contributed by atoms with Gasteiger partial charge in [0.25, 0.3) is 0 Å². The summed E-state index contributed by atoms with van der Waals surface area (Å²) in [6.45, 7) is 1.17. The minimum absolute atomic E-state index is 0.00730. The first-order valence-corrected chi connectivity index (χ1v) is 7.73. The number of pyridine rings is 2. The van der Waals surface area contributed by atoms with Crippen molar-refractivity contribution in [2.45, 2.75) is 19.8 Å². The number of hydrogen-bond donors (Lipinski definition) is 2. The highest BCUT2D eigenvalue weighted by atomic mass is 16.5. The van der Waals surface area contributed by atoms with Crippen LogP contribution in [0.5, 0.6) is 5.75 Å². The second kappa shape index (κ2) is 8.08. The minimum atomic E-state index is -0.00730. The standard InChI is InChI=1S/C19H19N3O2/c23-13-17-7-10-21-12-19(17)22-11-15-1-3-18(4-2-15)24-14-16-5-8-20-9-6-16/h1-10,12,22-23H,11,13-14H2. The van der Waals surface area contributed by atoms with Gasteiger partial charge in [0, 0.05) is 30.7 Å². The first-order valence-electron chi connectivity index (χ1n) is 7.73. The van der Waals surface area contributed by atoms with Crippen molar-refractivity contribution in [1.29, 1.82) is 0 Å². The molecule has 0 atom stereocenters. The SMILES string of the molecule is OCc1ccncc1NCc1ccc(OCc2ccncc2)cc1. The normalized spacial score (nSPS) is 10.4. The van der Waals surface area contributed by atoms with Gasteiger partial charge >= 0.3 is 0 Å². The number of benzene rings is 1. The number of rotatable bonds is 7. The lowest BCUT2D eigenvalue weighted by Crippen LogP contribution is -2.03. The molecule has 5 heteroatoms. The third kappa shape index (κ3) is 4.30. The van der Waals surface area contributed by atoms with Gasteiger partial charge < -0.3 is 15.2 Å². The van der Waals surface area contributed by atoms with E-state index in [4.69, 9.17) is 4.74 Å². The van der Waals surface area contributed by atoms with Gasteiger partial charge in [-0.3, -0.25) is 9.97 Å². The van der Waals surface area contributed by atoms with Gasteiger partial charge in [-0.15, -0.1) is 0 Å². The molecule has 0 aliphatic heterocycles. The van der Waals surface area contributed by atoms with E-state index in [1.165, 1.54) is 0 Å². The number of aliphatic hydroxyl groups excluding tert-OH is 1. The summed E-state index contributed by atoms with van der Waals surface area (Å²) >= 11 is 0. The number of aliphatic hydroxyl groups is 1. The molecule has 0 saturated heterocycles. The van der Waals surface area contributed by atoms with Gasteiger partial charge in [0.15, 0.2) is 0 Å². The molecule has 3 rings (SSSR count). The van der Waals surface area contributed by atoms with Crippen LogP contribution in [-0.4, -0.2) is 15.1 Å². The van der Waals surface area contributed by atoms with E-state index in [-0.39, 0.29) is 6.61 Å². The van der Waals surface area contributed by atoms with E-state index in [9.17, 15) is 5.11 Å². The maximum Gasteiger partial charge on any atom is 0.119 e. The Hall–Kier alpha value is -2.92. The molecule has 1 aromatic carbocycles. The topological polar surface area (TPSA) is 67.3 Å². The lowest BCUT2D eigenvalue weighted by Gasteiger charge is -2.11. The molecule has 0 aliphatic carbocycles. The molecule has 5 nitrogen and oxygen atoms in total. The largest absolute Gasteiger partial charge is 0.489 e. The molecule has 2 aromatic heterocycles. The van der Waals surface area contributed by atoms with Gasteiger partial charge in [0.1, 0.15) is 12.4 Å². The van der Waals surface area contributed by atoms with E-state index < -0.39 is 0 Å². The predicted octanol–water partition coefficient (Wildman–Crippen LogP) is 3.16. The summed E-state index contributed by atoms with van der Waals surface area (Å²) in [5, 5.41) is 12.6. The monoisotopic (exact) mass is 321 g/mol. The molecule has 0 amide bonds. The third-order valence-corrected chi connectivity index (χ3v) is 3.64. The van der Waals surface area contributed by atoms with Crippen LogP contribution in [0.4, 0.5) is 5.69 Å². The van der Waals surface area contributed by atoms with Crippen LogP contribution in [0.2, 0.25) is 0 Å². The smallest absolute Gasteiger partial charge is 0.119 e. The number of nitrogens with zero attached hydrogens (tertiary/aromatic N) is 2. The highest BCUT2D eigenvalue weighted by molar-refractivity contribution is 5.49. The molecule has 24 heavy (non-hydrogen) atoms. The molecule has 0 saturated carbocycles. The molecule has 0 radical (unpaired) electrons. The van der Waals surface area contributed by atoms with Crippen LogP contribution in [0.15, 0.2) is 67.3 Å². The minimum Gasteiger partial charge on any atom is -0.489 e. The Labute approximate surface area is 141 Å². The molecule has 0 unspecified atom stereocenters. The number of nitrogens with one attached hydrogen (secondary N) is 1. The van der Waals surface area contributed by atoms with Crippen molar-refractivity contribution in [1.82, 2.24) is 9.97 Å². The first kappa shape index (κ1) is 16.0. The van der Waals surface area contributed by atoms with Crippen LogP contribution >= 0.6 is 0 Å². The second-order valence-electron chi connectivity index (χ2n) is 5.33. The van der Waals surface area contributed by atoms with E-state index in [1.807, 2.05) is 36.4 Å². The van der Waals surface area contributed by atoms with Crippen LogP contribution in [0, 0.1) is 0 Å². The number of hydrogen-bond acceptors (Lipinski definition) is 5. The Balaban J connectivity index is 1.54. The van der Waals surface area contributed by atoms with Crippen LogP contribution in [-0.2, 0) is 19.8 Å². The molecule has 3 aromatic rings. The van der Waals surface area contributed by atoms with Crippen LogP contribution in [0.25, 0.3) is 0 Å². The zero-order valence-electron chi connectivity index (χ0n) is 13.2. The second-order valence-corrected chi connectivity index (χ2v) is 5.33. The van der Waals surface area contributed by atoms with Gasteiger partial charge in [0.05, 0.1) is 18.5 Å². The van der Waals surface area contributed by atoms with E-state index in [1.54, 1.807) is 30.9 Å². The first-order chi connectivity index (χ1) is 11.8. The molecular weight excluding hydrogens is 302 g/mol. The van der Waals surface area contributed by atoms with Crippen molar-refractivity contribution in [3.05, 3.63) is 83.9 Å². The zero-order valence-corrected chi connectivity index (χ0v) is 13.2. The quantitative estimate of drug-likeness (QED) is 0.700. The van der Waals surface area contributed by atoms with Crippen LogP contribution in [0.1, 0.15) is 16.7 Å². The molecule has 0 bridgehead atoms. The summed E-state index contributed by atoms with van der Waals surface area (Å²) in [6, 6.07) is 13.6. The summed E-state index contributed by atoms with van der Waals surface area (Å²) in [5.74, 6) is 0.827. The fourth-order valence-electron chi connectivity index (χ4n) is 2.27. The average molecular weight is 321 g/mol. The molecule has 0 aliphatic rings. The fourth-order valence-corrected chi connectivity index (χ4v) is 2.27. The number of aromatic nitrogens is 2. The summed E-state index contributed by atoms with van der Waals surface area (Å²) in [5.41, 5.74) is 3.89. The average Bonchev–Trinajstić information content (AvgIpc) is 2.66. The van der Waals surface area contributed by atoms with Gasteiger partial charge in [-0.25, -0.2) is 0 Å². The number of anilines is 1. The Morgan fingerprint density at radius 1 is 0.875 bits per heavy atom. The van der Waals surface area contributed by atoms with Gasteiger partial charge in [0.2, 0.25) is 0 Å². The predicted molar refractivity (Wildman–Crippen MR) is 92.5 cm³/mol. The Kier molecular flexibility index (Phi) is 5.37. The Bertz CT molecular complexity index is 761. The van der Waals surface area contributed by atoms with Gasteiger partial charge in [-0.05, 0) is 41.5 Å². The van der Waals surface area contributed by atoms with Crippen molar-refractivity contribution < 1.29 is 9.84 Å². The van der Waals surface area contributed by atoms with Crippen molar-refractivity contribution in [3.8, 4) is 5.75 Å². The van der Waals surface area contributed by atoms with E-state index >= 15 is 0 Å². The number of ether oxygens (including phenoxy) is 1. The molecule has 122 valence electrons. The molecule has 0 spiro atoms. The lowest BCUT2D eigenvalue weighted by atomic mass is 10.2. The van der Waals surface area contributed by atoms with E-state index in [0.717, 1.165) is 28.1 Å². The van der Waals surface area contributed by atoms with Gasteiger partial charge in [-0.2, -0.15) is 0 Å². The highest BCUT2D eigenvalue weighted by Gasteiger charge is 2.01. The van der Waals surface area contributed by atoms with Gasteiger partial charge in [-0.1, -0.05) is 12.1 Å². The molecular formula is C19H19N3O2. The van der Waals surface area contributed by atoms with Crippen molar-refractivity contribution >= 4 is 5.69 Å². The Morgan fingerprint density at radius 2 is 1.62 bits per heavy atom. The van der Waals surface area contributed by atoms with Crippen molar-refractivity contribution in [2.75, 3.05) is 5.32 Å². The third-order valence-electron chi connectivity index (χ3n) is 3.64. The van der Waals surface area contributed by atoms with E-state index in [2.05, 4.69) is 15.3 Å². The zero-order chi connectivity index (χ0) is 16.6. The lowest BCUT2D eigenvalue weighted by molar-refractivity contribution is 0.282. The maximum absolute atomic E-state index is 9.32. The molecule has 2 N–H and O–H groups in total. The van der Waals surface area contributed by atoms with Crippen LogP contribution < -0.4 is 10.1 Å². The Morgan fingerprint density at radius 3 is 2.38 bits per heavy atom. The fraction of sp³-hybridized carbons (Fsp3) is 0.158. The maximum atomic E-state index is 9.32. The molecule has 2 heterocycles.